The van der Waals surface area contributed by atoms with Gasteiger partial charge in [0.1, 0.15) is 9.84 Å². The lowest BCUT2D eigenvalue weighted by molar-refractivity contribution is 0.585. The van der Waals surface area contributed by atoms with Gasteiger partial charge in [0.2, 0.25) is 0 Å². The number of nitrogens with two attached hydrogens (primary N) is 1. The number of aryl methyl sites for hydroxylation is 2. The molecule has 1 aromatic heterocycles. The van der Waals surface area contributed by atoms with Crippen LogP contribution in [-0.4, -0.2) is 24.5 Å². The number of sulfone groups is 1. The van der Waals surface area contributed by atoms with E-state index in [1.165, 1.54) is 10.6 Å². The fourth-order valence-electron chi connectivity index (χ4n) is 1.46. The average Bonchev–Trinajstić information content (AvgIpc) is 2.25. The number of rotatable bonds is 5. The van der Waals surface area contributed by atoms with Crippen LogP contribution in [0.3, 0.4) is 0 Å². The highest BCUT2D eigenvalue weighted by Crippen LogP contribution is 2.06. The van der Waals surface area contributed by atoms with Crippen molar-refractivity contribution < 1.29 is 8.42 Å². The van der Waals surface area contributed by atoms with E-state index >= 15 is 0 Å². The van der Waals surface area contributed by atoms with Crippen LogP contribution >= 0.6 is 0 Å². The van der Waals surface area contributed by atoms with Crippen molar-refractivity contribution in [3.8, 4) is 0 Å². The van der Waals surface area contributed by atoms with E-state index in [4.69, 9.17) is 5.73 Å². The first-order valence-electron chi connectivity index (χ1n) is 5.52. The summed E-state index contributed by atoms with van der Waals surface area (Å²) in [5.41, 5.74) is 6.84. The van der Waals surface area contributed by atoms with Gasteiger partial charge >= 0.3 is 0 Å². The topological polar surface area (TPSA) is 82.2 Å². The molecule has 96 valence electrons. The molecule has 0 aliphatic carbocycles. The maximum Gasteiger partial charge on any atom is 0.250 e. The van der Waals surface area contributed by atoms with Crippen molar-refractivity contribution in [1.82, 2.24) is 4.57 Å². The van der Waals surface area contributed by atoms with Crippen LogP contribution in [0.15, 0.2) is 17.1 Å². The number of pyridine rings is 1. The van der Waals surface area contributed by atoms with Crippen molar-refractivity contribution in [2.45, 2.75) is 26.8 Å². The molecule has 0 unspecified atom stereocenters. The Morgan fingerprint density at radius 1 is 1.41 bits per heavy atom. The van der Waals surface area contributed by atoms with Crippen LogP contribution in [0.4, 0.5) is 5.69 Å². The molecule has 6 heteroatoms. The van der Waals surface area contributed by atoms with Gasteiger partial charge in [0.25, 0.3) is 5.56 Å². The molecule has 0 atom stereocenters. The summed E-state index contributed by atoms with van der Waals surface area (Å²) in [6, 6.07) is 1.46. The highest BCUT2D eigenvalue weighted by Gasteiger charge is 2.07. The summed E-state index contributed by atoms with van der Waals surface area (Å²) in [4.78, 5) is 11.6. The third-order valence-corrected chi connectivity index (χ3v) is 4.46. The van der Waals surface area contributed by atoms with E-state index in [2.05, 4.69) is 0 Å². The minimum Gasteiger partial charge on any atom is -0.397 e. The molecule has 2 N–H and O–H groups in total. The zero-order chi connectivity index (χ0) is 13.1. The van der Waals surface area contributed by atoms with E-state index in [-0.39, 0.29) is 17.1 Å². The van der Waals surface area contributed by atoms with Gasteiger partial charge in [0.05, 0.1) is 11.4 Å². The molecule has 0 amide bonds. The first-order chi connectivity index (χ1) is 7.85. The van der Waals surface area contributed by atoms with Crippen LogP contribution in [0, 0.1) is 6.92 Å². The quantitative estimate of drug-likeness (QED) is 0.836. The van der Waals surface area contributed by atoms with Crippen molar-refractivity contribution in [3.63, 3.8) is 0 Å². The first-order valence-corrected chi connectivity index (χ1v) is 7.35. The predicted octanol–water partition coefficient (Wildman–Crippen LogP) is 0.564. The third-order valence-electron chi connectivity index (χ3n) is 2.67. The lowest BCUT2D eigenvalue weighted by Crippen LogP contribution is -2.22. The number of nitrogen functional groups attached to an aromatic ring is 1. The number of hydrogen-bond acceptors (Lipinski definition) is 4. The van der Waals surface area contributed by atoms with Gasteiger partial charge in [0, 0.05) is 24.6 Å². The Hall–Kier alpha value is -1.30. The lowest BCUT2D eigenvalue weighted by atomic mass is 10.2. The highest BCUT2D eigenvalue weighted by molar-refractivity contribution is 7.91. The van der Waals surface area contributed by atoms with Gasteiger partial charge in [-0.25, -0.2) is 8.42 Å². The number of aromatic nitrogens is 1. The Bertz CT molecular complexity index is 546. The summed E-state index contributed by atoms with van der Waals surface area (Å²) in [5.74, 6) is 0.238. The van der Waals surface area contributed by atoms with Crippen LogP contribution in [0.2, 0.25) is 0 Å². The van der Waals surface area contributed by atoms with Crippen molar-refractivity contribution in [3.05, 3.63) is 28.2 Å². The van der Waals surface area contributed by atoms with Crippen LogP contribution in [0.1, 0.15) is 18.9 Å². The lowest BCUT2D eigenvalue weighted by Gasteiger charge is -2.08. The van der Waals surface area contributed by atoms with Crippen LogP contribution in [0.25, 0.3) is 0 Å². The van der Waals surface area contributed by atoms with Crippen molar-refractivity contribution in [2.75, 3.05) is 17.2 Å². The molecule has 1 rings (SSSR count). The smallest absolute Gasteiger partial charge is 0.250 e. The molecule has 5 nitrogen and oxygen atoms in total. The molecule has 0 spiro atoms. The number of anilines is 1. The Kier molecular flexibility index (Phi) is 4.34. The molecule has 0 bridgehead atoms. The van der Waals surface area contributed by atoms with E-state index in [0.717, 1.165) is 5.56 Å². The van der Waals surface area contributed by atoms with Crippen molar-refractivity contribution >= 4 is 15.5 Å². The van der Waals surface area contributed by atoms with Gasteiger partial charge in [-0.3, -0.25) is 4.79 Å². The first kappa shape index (κ1) is 13.8. The van der Waals surface area contributed by atoms with Gasteiger partial charge in [-0.05, 0) is 18.9 Å². The van der Waals surface area contributed by atoms with E-state index in [1.54, 1.807) is 20.0 Å². The minimum absolute atomic E-state index is 0.101. The Morgan fingerprint density at radius 2 is 2.06 bits per heavy atom. The Morgan fingerprint density at radius 3 is 2.65 bits per heavy atom. The SMILES string of the molecule is CCS(=O)(=O)CCCn1cc(N)c(C)cc1=O. The van der Waals surface area contributed by atoms with Gasteiger partial charge < -0.3 is 10.3 Å². The second-order valence-electron chi connectivity index (χ2n) is 4.03. The Balaban J connectivity index is 2.71. The molecule has 17 heavy (non-hydrogen) atoms. The maximum atomic E-state index is 11.6. The zero-order valence-electron chi connectivity index (χ0n) is 10.1. The molecule has 0 saturated carbocycles. The van der Waals surface area contributed by atoms with E-state index in [0.29, 0.717) is 18.7 Å². The molecule has 0 aliphatic rings. The molecule has 0 fully saturated rings. The van der Waals surface area contributed by atoms with Gasteiger partial charge in [0.15, 0.2) is 0 Å². The summed E-state index contributed by atoms with van der Waals surface area (Å²) < 4.78 is 24.0. The van der Waals surface area contributed by atoms with Crippen molar-refractivity contribution in [2.24, 2.45) is 0 Å². The molecule has 0 saturated heterocycles. The van der Waals surface area contributed by atoms with Crippen LogP contribution in [0.5, 0.6) is 0 Å². The number of nitrogens with zero attached hydrogens (tertiary/aromatic N) is 1. The summed E-state index contributed by atoms with van der Waals surface area (Å²) in [5, 5.41) is 0. The minimum atomic E-state index is -2.97. The summed E-state index contributed by atoms with van der Waals surface area (Å²) in [6.07, 6.45) is 1.99. The van der Waals surface area contributed by atoms with E-state index in [1.807, 2.05) is 0 Å². The van der Waals surface area contributed by atoms with Crippen molar-refractivity contribution in [1.29, 1.82) is 0 Å². The van der Waals surface area contributed by atoms with E-state index < -0.39 is 9.84 Å². The molecular formula is C11H18N2O3S. The van der Waals surface area contributed by atoms with E-state index in [9.17, 15) is 13.2 Å². The predicted molar refractivity (Wildman–Crippen MR) is 68.8 cm³/mol. The fourth-order valence-corrected chi connectivity index (χ4v) is 2.32. The summed E-state index contributed by atoms with van der Waals surface area (Å²) >= 11 is 0. The second-order valence-corrected chi connectivity index (χ2v) is 6.51. The molecule has 0 aliphatic heterocycles. The zero-order valence-corrected chi connectivity index (χ0v) is 11.0. The Labute approximate surface area is 101 Å². The van der Waals surface area contributed by atoms with Gasteiger partial charge in [-0.15, -0.1) is 0 Å². The van der Waals surface area contributed by atoms with Crippen LogP contribution in [-0.2, 0) is 16.4 Å². The molecular weight excluding hydrogens is 240 g/mol. The largest absolute Gasteiger partial charge is 0.397 e. The molecule has 0 radical (unpaired) electrons. The monoisotopic (exact) mass is 258 g/mol. The summed E-state index contributed by atoms with van der Waals surface area (Å²) in [6.45, 7) is 3.76. The number of hydrogen-bond donors (Lipinski definition) is 1. The van der Waals surface area contributed by atoms with Crippen LogP contribution < -0.4 is 11.3 Å². The maximum absolute atomic E-state index is 11.6. The standard InChI is InChI=1S/C11H18N2O3S/c1-3-17(15,16)6-4-5-13-8-10(12)9(2)7-11(13)14/h7-8H,3-6,12H2,1-2H3. The van der Waals surface area contributed by atoms with Gasteiger partial charge in [-0.2, -0.15) is 0 Å². The van der Waals surface area contributed by atoms with Gasteiger partial charge in [-0.1, -0.05) is 6.92 Å². The molecule has 1 heterocycles. The fraction of sp³-hybridized carbons (Fsp3) is 0.545. The third kappa shape index (κ3) is 3.89. The average molecular weight is 258 g/mol. The second kappa shape index (κ2) is 5.35. The normalized spacial score (nSPS) is 11.6. The molecule has 0 aromatic carbocycles. The highest BCUT2D eigenvalue weighted by atomic mass is 32.2. The summed E-state index contributed by atoms with van der Waals surface area (Å²) in [7, 11) is -2.97. The molecule has 1 aromatic rings.